The van der Waals surface area contributed by atoms with Gasteiger partial charge in [0, 0.05) is 44.8 Å². The lowest BCUT2D eigenvalue weighted by Gasteiger charge is -2.31. The topological polar surface area (TPSA) is 45.3 Å². The van der Waals surface area contributed by atoms with Gasteiger partial charge in [-0.2, -0.15) is 0 Å². The van der Waals surface area contributed by atoms with Crippen molar-refractivity contribution >= 4 is 40.1 Å². The second-order valence-electron chi connectivity index (χ2n) is 9.24. The standard InChI is InChI=1S/C27H32Cl2N2O2/c1-17-26(27(32)33-18(2)22-11-10-20(28)16-24(22)29)23-15-19(9-12-25(23)30-17)13-14-31(3)21-7-5-4-6-8-21/h9-12,15-16,18,21,30H,4-8,13-14H2,1-3H3. The van der Waals surface area contributed by atoms with Crippen LogP contribution in [0, 0.1) is 6.92 Å². The van der Waals surface area contributed by atoms with Gasteiger partial charge in [0.15, 0.2) is 0 Å². The predicted octanol–water partition coefficient (Wildman–Crippen LogP) is 7.51. The lowest BCUT2D eigenvalue weighted by atomic mass is 9.94. The molecule has 1 unspecified atom stereocenters. The van der Waals surface area contributed by atoms with Crippen LogP contribution in [0.15, 0.2) is 36.4 Å². The highest BCUT2D eigenvalue weighted by atomic mass is 35.5. The number of rotatable bonds is 7. The molecule has 33 heavy (non-hydrogen) atoms. The van der Waals surface area contributed by atoms with E-state index < -0.39 is 6.10 Å². The second kappa shape index (κ2) is 10.5. The lowest BCUT2D eigenvalue weighted by molar-refractivity contribution is 0.0340. The Bertz CT molecular complexity index is 1130. The van der Waals surface area contributed by atoms with Crippen molar-refractivity contribution in [2.45, 2.75) is 64.5 Å². The minimum atomic E-state index is -0.487. The summed E-state index contributed by atoms with van der Waals surface area (Å²) < 4.78 is 5.81. The van der Waals surface area contributed by atoms with Crippen LogP contribution in [0.2, 0.25) is 10.0 Å². The smallest absolute Gasteiger partial charge is 0.341 e. The van der Waals surface area contributed by atoms with E-state index in [2.05, 4.69) is 35.1 Å². The summed E-state index contributed by atoms with van der Waals surface area (Å²) >= 11 is 12.3. The summed E-state index contributed by atoms with van der Waals surface area (Å²) in [5, 5.41) is 1.95. The Morgan fingerprint density at radius 3 is 2.64 bits per heavy atom. The van der Waals surface area contributed by atoms with Crippen molar-refractivity contribution in [1.29, 1.82) is 0 Å². The number of benzene rings is 2. The number of hydrogen-bond donors (Lipinski definition) is 1. The minimum Gasteiger partial charge on any atom is -0.454 e. The number of nitrogens with zero attached hydrogens (tertiary/aromatic N) is 1. The molecule has 1 heterocycles. The van der Waals surface area contributed by atoms with E-state index in [0.29, 0.717) is 21.7 Å². The number of aryl methyl sites for hydroxylation is 1. The molecule has 1 saturated carbocycles. The molecule has 4 rings (SSSR count). The maximum Gasteiger partial charge on any atom is 0.341 e. The molecule has 1 aromatic heterocycles. The van der Waals surface area contributed by atoms with Crippen LogP contribution in [-0.2, 0) is 11.2 Å². The number of likely N-dealkylation sites (N-methyl/N-ethyl adjacent to an activating group) is 1. The zero-order valence-corrected chi connectivity index (χ0v) is 21.1. The summed E-state index contributed by atoms with van der Waals surface area (Å²) in [6.07, 6.45) is 7.13. The van der Waals surface area contributed by atoms with Crippen LogP contribution in [-0.4, -0.2) is 35.5 Å². The molecule has 176 valence electrons. The van der Waals surface area contributed by atoms with Crippen LogP contribution in [0.1, 0.15) is 72.3 Å². The summed E-state index contributed by atoms with van der Waals surface area (Å²) in [5.41, 5.74) is 4.30. The largest absolute Gasteiger partial charge is 0.454 e. The van der Waals surface area contributed by atoms with E-state index in [1.807, 2.05) is 13.8 Å². The molecule has 0 spiro atoms. The predicted molar refractivity (Wildman–Crippen MR) is 137 cm³/mol. The number of H-pyrrole nitrogens is 1. The molecule has 2 aromatic carbocycles. The van der Waals surface area contributed by atoms with Crippen molar-refractivity contribution in [3.63, 3.8) is 0 Å². The van der Waals surface area contributed by atoms with Gasteiger partial charge in [0.2, 0.25) is 0 Å². The molecule has 6 heteroatoms. The van der Waals surface area contributed by atoms with Gasteiger partial charge >= 0.3 is 5.97 Å². The Kier molecular flexibility index (Phi) is 7.68. The number of carbonyl (C=O) groups excluding carboxylic acids is 1. The summed E-state index contributed by atoms with van der Waals surface area (Å²) in [4.78, 5) is 19.0. The number of halogens is 2. The van der Waals surface area contributed by atoms with Crippen LogP contribution in [0.25, 0.3) is 10.9 Å². The van der Waals surface area contributed by atoms with E-state index in [1.165, 1.54) is 37.7 Å². The maximum absolute atomic E-state index is 13.2. The van der Waals surface area contributed by atoms with Crippen LogP contribution >= 0.6 is 23.2 Å². The van der Waals surface area contributed by atoms with E-state index in [1.54, 1.807) is 18.2 Å². The summed E-state index contributed by atoms with van der Waals surface area (Å²) in [6.45, 7) is 4.75. The summed E-state index contributed by atoms with van der Waals surface area (Å²) in [7, 11) is 2.24. The summed E-state index contributed by atoms with van der Waals surface area (Å²) in [6, 6.07) is 12.3. The fraction of sp³-hybridized carbons (Fsp3) is 0.444. The molecular weight excluding hydrogens is 455 g/mol. The van der Waals surface area contributed by atoms with Crippen molar-refractivity contribution in [2.24, 2.45) is 0 Å². The molecule has 3 aromatic rings. The van der Waals surface area contributed by atoms with Gasteiger partial charge in [-0.1, -0.05) is 54.6 Å². The van der Waals surface area contributed by atoms with Crippen molar-refractivity contribution in [3.05, 3.63) is 68.8 Å². The van der Waals surface area contributed by atoms with E-state index >= 15 is 0 Å². The third kappa shape index (κ3) is 5.56. The Balaban J connectivity index is 1.50. The highest BCUT2D eigenvalue weighted by Crippen LogP contribution is 2.31. The lowest BCUT2D eigenvalue weighted by Crippen LogP contribution is -2.34. The van der Waals surface area contributed by atoms with Crippen molar-refractivity contribution in [1.82, 2.24) is 9.88 Å². The first-order valence-corrected chi connectivity index (χ1v) is 12.6. The molecule has 1 aliphatic carbocycles. The first kappa shape index (κ1) is 24.1. The van der Waals surface area contributed by atoms with Crippen LogP contribution in [0.5, 0.6) is 0 Å². The van der Waals surface area contributed by atoms with Crippen LogP contribution in [0.3, 0.4) is 0 Å². The number of aromatic amines is 1. The minimum absolute atomic E-state index is 0.353. The Hall–Kier alpha value is -2.01. The maximum atomic E-state index is 13.2. The van der Waals surface area contributed by atoms with Crippen molar-refractivity contribution in [3.8, 4) is 0 Å². The van der Waals surface area contributed by atoms with Gasteiger partial charge in [-0.15, -0.1) is 0 Å². The van der Waals surface area contributed by atoms with E-state index in [4.69, 9.17) is 27.9 Å². The molecule has 0 aliphatic heterocycles. The molecule has 4 nitrogen and oxygen atoms in total. The van der Waals surface area contributed by atoms with E-state index in [9.17, 15) is 4.79 Å². The molecule has 0 amide bonds. The average molecular weight is 487 g/mol. The van der Waals surface area contributed by atoms with Crippen LogP contribution in [0.4, 0.5) is 0 Å². The zero-order chi connectivity index (χ0) is 23.5. The Morgan fingerprint density at radius 2 is 1.91 bits per heavy atom. The van der Waals surface area contributed by atoms with E-state index in [-0.39, 0.29) is 5.97 Å². The van der Waals surface area contributed by atoms with Gasteiger partial charge in [-0.25, -0.2) is 4.79 Å². The first-order chi connectivity index (χ1) is 15.8. The molecular formula is C27H32Cl2N2O2. The Morgan fingerprint density at radius 1 is 1.15 bits per heavy atom. The number of esters is 1. The number of hydrogen-bond acceptors (Lipinski definition) is 3. The third-order valence-corrected chi connectivity index (χ3v) is 7.45. The number of ether oxygens (including phenoxy) is 1. The molecule has 0 bridgehead atoms. The molecule has 1 N–H and O–H groups in total. The van der Waals surface area contributed by atoms with Crippen LogP contribution < -0.4 is 0 Å². The number of nitrogens with one attached hydrogen (secondary N) is 1. The number of fused-ring (bicyclic) bond motifs is 1. The molecule has 1 aliphatic rings. The number of aromatic nitrogens is 1. The van der Waals surface area contributed by atoms with Gasteiger partial charge in [0.1, 0.15) is 6.10 Å². The fourth-order valence-corrected chi connectivity index (χ4v) is 5.48. The first-order valence-electron chi connectivity index (χ1n) is 11.8. The third-order valence-electron chi connectivity index (χ3n) is 6.89. The fourth-order valence-electron chi connectivity index (χ4n) is 4.92. The van der Waals surface area contributed by atoms with Gasteiger partial charge in [-0.3, -0.25) is 0 Å². The second-order valence-corrected chi connectivity index (χ2v) is 10.1. The average Bonchev–Trinajstić information content (AvgIpc) is 3.12. The van der Waals surface area contributed by atoms with E-state index in [0.717, 1.165) is 35.1 Å². The quantitative estimate of drug-likeness (QED) is 0.351. The van der Waals surface area contributed by atoms with Gasteiger partial charge in [0.05, 0.1) is 5.56 Å². The van der Waals surface area contributed by atoms with Gasteiger partial charge in [0.25, 0.3) is 0 Å². The van der Waals surface area contributed by atoms with Gasteiger partial charge in [-0.05, 0) is 70.0 Å². The van der Waals surface area contributed by atoms with Gasteiger partial charge < -0.3 is 14.6 Å². The zero-order valence-electron chi connectivity index (χ0n) is 19.6. The molecule has 1 atom stereocenters. The highest BCUT2D eigenvalue weighted by molar-refractivity contribution is 6.35. The highest BCUT2D eigenvalue weighted by Gasteiger charge is 2.22. The molecule has 0 radical (unpaired) electrons. The molecule has 0 saturated heterocycles. The number of carbonyl (C=O) groups is 1. The van der Waals surface area contributed by atoms with Crippen molar-refractivity contribution in [2.75, 3.05) is 13.6 Å². The summed E-state index contributed by atoms with van der Waals surface area (Å²) in [5.74, 6) is -0.353. The monoisotopic (exact) mass is 486 g/mol. The van der Waals surface area contributed by atoms with Crippen molar-refractivity contribution < 1.29 is 9.53 Å². The molecule has 1 fully saturated rings. The Labute approximate surface area is 206 Å². The normalized spacial score (nSPS) is 15.8. The SMILES string of the molecule is Cc1[nH]c2ccc(CCN(C)C3CCCCC3)cc2c1C(=O)OC(C)c1ccc(Cl)cc1Cl.